The van der Waals surface area contributed by atoms with Crippen molar-refractivity contribution < 1.29 is 23.8 Å². The summed E-state index contributed by atoms with van der Waals surface area (Å²) in [4.78, 5) is 26.0. The van der Waals surface area contributed by atoms with Crippen molar-refractivity contribution in [3.05, 3.63) is 59.2 Å². The van der Waals surface area contributed by atoms with Crippen molar-refractivity contribution in [2.75, 3.05) is 32.7 Å². The quantitative estimate of drug-likeness (QED) is 0.837. The maximum Gasteiger partial charge on any atom is 0.337 e. The Kier molecular flexibility index (Phi) is 5.93. The molecule has 0 atom stereocenters. The van der Waals surface area contributed by atoms with Gasteiger partial charge in [-0.2, -0.15) is 0 Å². The maximum absolute atomic E-state index is 12.7. The normalized spacial score (nSPS) is 13.2. The first-order valence-electron chi connectivity index (χ1n) is 8.58. The molecule has 0 bridgehead atoms. The van der Waals surface area contributed by atoms with E-state index in [-0.39, 0.29) is 6.03 Å². The summed E-state index contributed by atoms with van der Waals surface area (Å²) in [6, 6.07) is 12.2. The number of rotatable bonds is 4. The van der Waals surface area contributed by atoms with E-state index < -0.39 is 5.97 Å². The number of hydrogen-bond acceptors (Lipinski definition) is 5. The molecule has 2 aromatic carbocycles. The Labute approximate surface area is 157 Å². The number of fused-ring (bicyclic) bond motifs is 1. The lowest BCUT2D eigenvalue weighted by Gasteiger charge is -2.20. The van der Waals surface area contributed by atoms with Crippen molar-refractivity contribution in [2.45, 2.75) is 13.2 Å². The van der Waals surface area contributed by atoms with Crippen molar-refractivity contribution in [2.24, 2.45) is 0 Å². The Morgan fingerprint density at radius 2 is 2.04 bits per heavy atom. The number of hydrogen-bond donors (Lipinski definition) is 1. The summed E-state index contributed by atoms with van der Waals surface area (Å²) in [6.07, 6.45) is 0. The van der Waals surface area contributed by atoms with E-state index in [1.54, 1.807) is 36.3 Å². The van der Waals surface area contributed by atoms with Gasteiger partial charge in [0.2, 0.25) is 0 Å². The van der Waals surface area contributed by atoms with E-state index in [1.165, 1.54) is 7.11 Å². The molecule has 0 saturated heterocycles. The number of nitrogens with one attached hydrogen (secondary N) is 1. The first kappa shape index (κ1) is 18.7. The second kappa shape index (κ2) is 8.55. The van der Waals surface area contributed by atoms with Crippen LogP contribution in [0, 0.1) is 0 Å². The van der Waals surface area contributed by atoms with E-state index >= 15 is 0 Å². The summed E-state index contributed by atoms with van der Waals surface area (Å²) < 4.78 is 15.6. The molecule has 1 aliphatic heterocycles. The SMILES string of the molecule is COCc1ccc2c(c1)CN(C(=O)Nc1cccc(C(=O)OC)c1)CCO2. The fourth-order valence-corrected chi connectivity index (χ4v) is 2.92. The van der Waals surface area contributed by atoms with Gasteiger partial charge in [0.05, 0.1) is 32.4 Å². The summed E-state index contributed by atoms with van der Waals surface area (Å²) in [7, 11) is 2.96. The third-order valence-corrected chi connectivity index (χ3v) is 4.24. The van der Waals surface area contributed by atoms with E-state index in [0.717, 1.165) is 16.9 Å². The van der Waals surface area contributed by atoms with Gasteiger partial charge in [-0.1, -0.05) is 12.1 Å². The van der Waals surface area contributed by atoms with Crippen molar-refractivity contribution in [1.82, 2.24) is 4.90 Å². The van der Waals surface area contributed by atoms with Gasteiger partial charge in [0, 0.05) is 18.4 Å². The molecule has 3 rings (SSSR count). The molecular formula is C20H22N2O5. The lowest BCUT2D eigenvalue weighted by molar-refractivity contribution is 0.0600. The van der Waals surface area contributed by atoms with Crippen molar-refractivity contribution >= 4 is 17.7 Å². The van der Waals surface area contributed by atoms with Crippen LogP contribution < -0.4 is 10.1 Å². The lowest BCUT2D eigenvalue weighted by atomic mass is 10.1. The van der Waals surface area contributed by atoms with Crippen LogP contribution >= 0.6 is 0 Å². The Balaban J connectivity index is 1.73. The average molecular weight is 370 g/mol. The van der Waals surface area contributed by atoms with Gasteiger partial charge in [0.1, 0.15) is 12.4 Å². The predicted molar refractivity (Wildman–Crippen MR) is 99.9 cm³/mol. The Morgan fingerprint density at radius 1 is 1.19 bits per heavy atom. The van der Waals surface area contributed by atoms with Crippen LogP contribution in [0.5, 0.6) is 5.75 Å². The van der Waals surface area contributed by atoms with Crippen LogP contribution in [0.15, 0.2) is 42.5 Å². The minimum atomic E-state index is -0.450. The molecule has 0 aromatic heterocycles. The molecule has 1 aliphatic rings. The molecule has 2 aromatic rings. The predicted octanol–water partition coefficient (Wildman–Crippen LogP) is 3.05. The highest BCUT2D eigenvalue weighted by atomic mass is 16.5. The number of amides is 2. The molecule has 0 unspecified atom stereocenters. The van der Waals surface area contributed by atoms with Gasteiger partial charge in [-0.25, -0.2) is 9.59 Å². The first-order valence-corrected chi connectivity index (χ1v) is 8.58. The zero-order valence-corrected chi connectivity index (χ0v) is 15.4. The van der Waals surface area contributed by atoms with E-state index in [2.05, 4.69) is 5.32 Å². The van der Waals surface area contributed by atoms with Gasteiger partial charge in [-0.05, 0) is 35.9 Å². The fourth-order valence-electron chi connectivity index (χ4n) is 2.92. The number of carbonyl (C=O) groups is 2. The minimum absolute atomic E-state index is 0.259. The van der Waals surface area contributed by atoms with Crippen LogP contribution in [0.4, 0.5) is 10.5 Å². The monoisotopic (exact) mass is 370 g/mol. The van der Waals surface area contributed by atoms with Gasteiger partial charge in [-0.3, -0.25) is 0 Å². The van der Waals surface area contributed by atoms with Crippen LogP contribution in [0.25, 0.3) is 0 Å². The number of benzene rings is 2. The first-order chi connectivity index (χ1) is 13.1. The van der Waals surface area contributed by atoms with E-state index in [4.69, 9.17) is 14.2 Å². The molecule has 7 nitrogen and oxygen atoms in total. The molecule has 7 heteroatoms. The van der Waals surface area contributed by atoms with Gasteiger partial charge in [0.25, 0.3) is 0 Å². The number of nitrogens with zero attached hydrogens (tertiary/aromatic N) is 1. The zero-order chi connectivity index (χ0) is 19.2. The summed E-state index contributed by atoms with van der Waals surface area (Å²) in [6.45, 7) is 1.79. The summed E-state index contributed by atoms with van der Waals surface area (Å²) in [5.41, 5.74) is 2.86. The molecular weight excluding hydrogens is 348 g/mol. The second-order valence-corrected chi connectivity index (χ2v) is 6.15. The molecule has 0 aliphatic carbocycles. The largest absolute Gasteiger partial charge is 0.491 e. The van der Waals surface area contributed by atoms with Gasteiger partial charge in [0.15, 0.2) is 0 Å². The van der Waals surface area contributed by atoms with Crippen LogP contribution in [0.1, 0.15) is 21.5 Å². The molecule has 0 radical (unpaired) electrons. The topological polar surface area (TPSA) is 77.1 Å². The van der Waals surface area contributed by atoms with E-state index in [0.29, 0.717) is 37.6 Å². The fraction of sp³-hybridized carbons (Fsp3) is 0.300. The summed E-state index contributed by atoms with van der Waals surface area (Å²) in [5, 5.41) is 2.83. The molecule has 1 heterocycles. The highest BCUT2D eigenvalue weighted by Crippen LogP contribution is 2.25. The van der Waals surface area contributed by atoms with Crippen molar-refractivity contribution in [3.63, 3.8) is 0 Å². The van der Waals surface area contributed by atoms with Gasteiger partial charge >= 0.3 is 12.0 Å². The molecule has 142 valence electrons. The third kappa shape index (κ3) is 4.57. The smallest absolute Gasteiger partial charge is 0.337 e. The number of urea groups is 1. The zero-order valence-electron chi connectivity index (χ0n) is 15.4. The van der Waals surface area contributed by atoms with E-state index in [1.807, 2.05) is 18.2 Å². The summed E-state index contributed by atoms with van der Waals surface area (Å²) in [5.74, 6) is 0.326. The number of esters is 1. The highest BCUT2D eigenvalue weighted by Gasteiger charge is 2.20. The van der Waals surface area contributed by atoms with Crippen molar-refractivity contribution in [3.8, 4) is 5.75 Å². The molecule has 0 fully saturated rings. The van der Waals surface area contributed by atoms with Crippen LogP contribution in [0.2, 0.25) is 0 Å². The third-order valence-electron chi connectivity index (χ3n) is 4.24. The molecule has 0 saturated carbocycles. The Hall–Kier alpha value is -3.06. The molecule has 27 heavy (non-hydrogen) atoms. The maximum atomic E-state index is 12.7. The van der Waals surface area contributed by atoms with Gasteiger partial charge < -0.3 is 24.4 Å². The molecule has 2 amide bonds. The average Bonchev–Trinajstić information content (AvgIpc) is 2.90. The number of anilines is 1. The van der Waals surface area contributed by atoms with E-state index in [9.17, 15) is 9.59 Å². The minimum Gasteiger partial charge on any atom is -0.491 e. The number of carbonyl (C=O) groups excluding carboxylic acids is 2. The van der Waals surface area contributed by atoms with Crippen LogP contribution in [-0.2, 0) is 22.6 Å². The Morgan fingerprint density at radius 3 is 2.81 bits per heavy atom. The Bertz CT molecular complexity index is 837. The van der Waals surface area contributed by atoms with Crippen molar-refractivity contribution in [1.29, 1.82) is 0 Å². The molecule has 0 spiro atoms. The highest BCUT2D eigenvalue weighted by molar-refractivity contribution is 5.93. The van der Waals surface area contributed by atoms with Gasteiger partial charge in [-0.15, -0.1) is 0 Å². The summed E-state index contributed by atoms with van der Waals surface area (Å²) >= 11 is 0. The van der Waals surface area contributed by atoms with Crippen LogP contribution in [-0.4, -0.2) is 44.3 Å². The number of ether oxygens (including phenoxy) is 3. The van der Waals surface area contributed by atoms with Crippen LogP contribution in [0.3, 0.4) is 0 Å². The molecule has 1 N–H and O–H groups in total. The standard InChI is InChI=1S/C20H22N2O5/c1-25-13-14-6-7-18-16(10-14)12-22(8-9-27-18)20(24)21-17-5-3-4-15(11-17)19(23)26-2/h3-7,10-11H,8-9,12-13H2,1-2H3,(H,21,24). The lowest BCUT2D eigenvalue weighted by Crippen LogP contribution is -2.36. The second-order valence-electron chi connectivity index (χ2n) is 6.15. The number of methoxy groups -OCH3 is 2.